The van der Waals surface area contributed by atoms with Gasteiger partial charge in [0.1, 0.15) is 5.82 Å². The van der Waals surface area contributed by atoms with Gasteiger partial charge in [-0.05, 0) is 20.5 Å². The Morgan fingerprint density at radius 2 is 2.05 bits per heavy atom. The number of likely N-dealkylation sites (N-methyl/N-ethyl adjacent to an activating group) is 2. The Hall–Kier alpha value is -0.620. The number of nitrogens with zero attached hydrogens (tertiary/aromatic N) is 3. The minimum absolute atomic E-state index is 0.276. The molecule has 0 bridgehead atoms. The molecule has 0 radical (unpaired) electrons. The SMILES string of the molecule is CCN1CCN(C(CNC)c2[nH]c(C)nc2Cl)CC1. The average molecular weight is 286 g/mol. The van der Waals surface area contributed by atoms with E-state index in [0.29, 0.717) is 5.15 Å². The lowest BCUT2D eigenvalue weighted by Crippen LogP contribution is -2.49. The number of imidazole rings is 1. The normalized spacial score (nSPS) is 19.8. The van der Waals surface area contributed by atoms with Gasteiger partial charge in [0.25, 0.3) is 0 Å². The molecular weight excluding hydrogens is 262 g/mol. The first-order valence-electron chi connectivity index (χ1n) is 6.98. The fraction of sp³-hybridized carbons (Fsp3) is 0.769. The summed E-state index contributed by atoms with van der Waals surface area (Å²) in [6.07, 6.45) is 0. The maximum atomic E-state index is 6.24. The second-order valence-corrected chi connectivity index (χ2v) is 5.43. The standard InChI is InChI=1S/C13H24ClN5/c1-4-18-5-7-19(8-6-18)11(9-15-3)12-13(14)17-10(2)16-12/h11,15H,4-9H2,1-3H3,(H,16,17). The summed E-state index contributed by atoms with van der Waals surface area (Å²) in [5.41, 5.74) is 1.04. The minimum Gasteiger partial charge on any atom is -0.343 e. The third kappa shape index (κ3) is 3.48. The van der Waals surface area contributed by atoms with Crippen molar-refractivity contribution in [1.29, 1.82) is 0 Å². The number of aromatic amines is 1. The van der Waals surface area contributed by atoms with Crippen molar-refractivity contribution in [3.8, 4) is 0 Å². The molecule has 1 unspecified atom stereocenters. The summed E-state index contributed by atoms with van der Waals surface area (Å²) in [7, 11) is 1.98. The summed E-state index contributed by atoms with van der Waals surface area (Å²) in [5.74, 6) is 0.883. The van der Waals surface area contributed by atoms with Crippen molar-refractivity contribution in [3.63, 3.8) is 0 Å². The molecule has 0 aliphatic carbocycles. The van der Waals surface area contributed by atoms with Gasteiger partial charge < -0.3 is 15.2 Å². The molecule has 0 amide bonds. The summed E-state index contributed by atoms with van der Waals surface area (Å²) in [6.45, 7) is 10.6. The topological polar surface area (TPSA) is 47.2 Å². The van der Waals surface area contributed by atoms with Gasteiger partial charge in [-0.2, -0.15) is 0 Å². The maximum absolute atomic E-state index is 6.24. The van der Waals surface area contributed by atoms with Crippen LogP contribution in [0.1, 0.15) is 24.5 Å². The molecule has 2 N–H and O–H groups in total. The van der Waals surface area contributed by atoms with Crippen molar-refractivity contribution < 1.29 is 0 Å². The molecule has 2 rings (SSSR count). The summed E-state index contributed by atoms with van der Waals surface area (Å²) < 4.78 is 0. The summed E-state index contributed by atoms with van der Waals surface area (Å²) in [6, 6.07) is 0.276. The van der Waals surface area contributed by atoms with Gasteiger partial charge >= 0.3 is 0 Å². The van der Waals surface area contributed by atoms with Gasteiger partial charge in [-0.15, -0.1) is 0 Å². The predicted molar refractivity (Wildman–Crippen MR) is 78.7 cm³/mol. The second-order valence-electron chi connectivity index (χ2n) is 5.07. The predicted octanol–water partition coefficient (Wildman–Crippen LogP) is 1.27. The van der Waals surface area contributed by atoms with Crippen LogP contribution in [0, 0.1) is 6.92 Å². The van der Waals surface area contributed by atoms with E-state index >= 15 is 0 Å². The van der Waals surface area contributed by atoms with Gasteiger partial charge in [0, 0.05) is 32.7 Å². The largest absolute Gasteiger partial charge is 0.343 e. The maximum Gasteiger partial charge on any atom is 0.152 e. The van der Waals surface area contributed by atoms with E-state index in [1.165, 1.54) is 0 Å². The van der Waals surface area contributed by atoms with Crippen LogP contribution in [0.15, 0.2) is 0 Å². The van der Waals surface area contributed by atoms with Crippen molar-refractivity contribution >= 4 is 11.6 Å². The minimum atomic E-state index is 0.276. The van der Waals surface area contributed by atoms with Crippen molar-refractivity contribution in [3.05, 3.63) is 16.7 Å². The number of piperazine rings is 1. The van der Waals surface area contributed by atoms with Crippen molar-refractivity contribution in [2.45, 2.75) is 19.9 Å². The number of hydrogen-bond donors (Lipinski definition) is 2. The van der Waals surface area contributed by atoms with E-state index in [9.17, 15) is 0 Å². The van der Waals surface area contributed by atoms with Crippen LogP contribution in [-0.2, 0) is 0 Å². The number of H-pyrrole nitrogens is 1. The van der Waals surface area contributed by atoms with E-state index in [-0.39, 0.29) is 6.04 Å². The molecule has 6 heteroatoms. The zero-order valence-corrected chi connectivity index (χ0v) is 12.8. The van der Waals surface area contributed by atoms with Crippen molar-refractivity contribution in [2.24, 2.45) is 0 Å². The van der Waals surface area contributed by atoms with Gasteiger partial charge in [-0.25, -0.2) is 4.98 Å². The molecule has 2 heterocycles. The van der Waals surface area contributed by atoms with Crippen LogP contribution in [0.5, 0.6) is 0 Å². The number of aromatic nitrogens is 2. The molecule has 1 atom stereocenters. The van der Waals surface area contributed by atoms with Crippen molar-refractivity contribution in [1.82, 2.24) is 25.1 Å². The number of hydrogen-bond acceptors (Lipinski definition) is 4. The van der Waals surface area contributed by atoms with Gasteiger partial charge in [-0.1, -0.05) is 18.5 Å². The smallest absolute Gasteiger partial charge is 0.152 e. The quantitative estimate of drug-likeness (QED) is 0.855. The zero-order valence-electron chi connectivity index (χ0n) is 12.0. The molecule has 108 valence electrons. The Bertz CT molecular complexity index is 398. The highest BCUT2D eigenvalue weighted by Gasteiger charge is 2.27. The van der Waals surface area contributed by atoms with Gasteiger partial charge in [-0.3, -0.25) is 4.90 Å². The van der Waals surface area contributed by atoms with Gasteiger partial charge in [0.15, 0.2) is 5.15 Å². The van der Waals surface area contributed by atoms with Crippen LogP contribution in [0.2, 0.25) is 5.15 Å². The van der Waals surface area contributed by atoms with Crippen LogP contribution in [-0.4, -0.2) is 66.1 Å². The highest BCUT2D eigenvalue weighted by molar-refractivity contribution is 6.30. The second kappa shape index (κ2) is 6.70. The Balaban J connectivity index is 2.10. The van der Waals surface area contributed by atoms with Gasteiger partial charge in [0.2, 0.25) is 0 Å². The number of nitrogens with one attached hydrogen (secondary N) is 2. The lowest BCUT2D eigenvalue weighted by atomic mass is 10.1. The molecule has 1 aliphatic heterocycles. The third-order valence-corrected chi connectivity index (χ3v) is 4.12. The lowest BCUT2D eigenvalue weighted by Gasteiger charge is -2.38. The van der Waals surface area contributed by atoms with Crippen LogP contribution in [0.3, 0.4) is 0 Å². The number of aryl methyl sites for hydroxylation is 1. The molecule has 1 aromatic heterocycles. The molecule has 1 aliphatic rings. The number of halogens is 1. The molecule has 19 heavy (non-hydrogen) atoms. The Morgan fingerprint density at radius 3 is 2.53 bits per heavy atom. The monoisotopic (exact) mass is 285 g/mol. The third-order valence-electron chi connectivity index (χ3n) is 3.83. The fourth-order valence-corrected chi connectivity index (χ4v) is 3.00. The summed E-state index contributed by atoms with van der Waals surface area (Å²) in [4.78, 5) is 12.6. The first kappa shape index (κ1) is 14.8. The van der Waals surface area contributed by atoms with E-state index in [0.717, 1.165) is 50.8 Å². The van der Waals surface area contributed by atoms with Crippen LogP contribution in [0.4, 0.5) is 0 Å². The van der Waals surface area contributed by atoms with E-state index < -0.39 is 0 Å². The molecule has 1 fully saturated rings. The molecule has 0 spiro atoms. The highest BCUT2D eigenvalue weighted by Crippen LogP contribution is 2.26. The average Bonchev–Trinajstić information content (AvgIpc) is 2.75. The summed E-state index contributed by atoms with van der Waals surface area (Å²) in [5, 5.41) is 3.87. The van der Waals surface area contributed by atoms with Gasteiger partial charge in [0.05, 0.1) is 11.7 Å². The highest BCUT2D eigenvalue weighted by atomic mass is 35.5. The molecular formula is C13H24ClN5. The van der Waals surface area contributed by atoms with Crippen LogP contribution < -0.4 is 5.32 Å². The first-order valence-corrected chi connectivity index (χ1v) is 7.36. The number of rotatable bonds is 5. The Labute approximate surface area is 120 Å². The van der Waals surface area contributed by atoms with Crippen LogP contribution >= 0.6 is 11.6 Å². The lowest BCUT2D eigenvalue weighted by molar-refractivity contribution is 0.0976. The molecule has 0 saturated carbocycles. The molecule has 0 aromatic carbocycles. The molecule has 1 saturated heterocycles. The zero-order chi connectivity index (χ0) is 13.8. The summed E-state index contributed by atoms with van der Waals surface area (Å²) >= 11 is 6.24. The Kier molecular flexibility index (Phi) is 5.21. The fourth-order valence-electron chi connectivity index (χ4n) is 2.70. The molecule has 5 nitrogen and oxygen atoms in total. The van der Waals surface area contributed by atoms with Crippen LogP contribution in [0.25, 0.3) is 0 Å². The van der Waals surface area contributed by atoms with E-state index in [1.54, 1.807) is 0 Å². The van der Waals surface area contributed by atoms with E-state index in [4.69, 9.17) is 11.6 Å². The van der Waals surface area contributed by atoms with E-state index in [2.05, 4.69) is 32.0 Å². The Morgan fingerprint density at radius 1 is 1.37 bits per heavy atom. The first-order chi connectivity index (χ1) is 9.15. The molecule has 1 aromatic rings. The van der Waals surface area contributed by atoms with Crippen molar-refractivity contribution in [2.75, 3.05) is 46.3 Å². The van der Waals surface area contributed by atoms with E-state index in [1.807, 2.05) is 14.0 Å².